The molecular weight excluding hydrogens is 320 g/mol. The number of nitrogens with one attached hydrogen (secondary N) is 1. The van der Waals surface area contributed by atoms with Gasteiger partial charge in [-0.2, -0.15) is 4.98 Å². The Balaban J connectivity index is 1.78. The summed E-state index contributed by atoms with van der Waals surface area (Å²) in [5, 5.41) is 13.3. The molecule has 2 aliphatic rings. The minimum atomic E-state index is -0.505. The number of anilines is 2. The largest absolute Gasteiger partial charge is 0.447 e. The topological polar surface area (TPSA) is 87.6 Å². The van der Waals surface area contributed by atoms with E-state index in [0.29, 0.717) is 24.8 Å². The van der Waals surface area contributed by atoms with Crippen molar-refractivity contribution in [1.29, 1.82) is 0 Å². The molecule has 1 fully saturated rings. The highest BCUT2D eigenvalue weighted by molar-refractivity contribution is 5.89. The first-order valence-electron chi connectivity index (χ1n) is 8.57. The van der Waals surface area contributed by atoms with Crippen LogP contribution in [0.1, 0.15) is 27.2 Å². The zero-order valence-corrected chi connectivity index (χ0v) is 14.7. The Labute approximate surface area is 147 Å². The van der Waals surface area contributed by atoms with Crippen molar-refractivity contribution in [2.75, 3.05) is 16.8 Å². The molecule has 3 atom stereocenters. The van der Waals surface area contributed by atoms with Crippen molar-refractivity contribution in [3.63, 3.8) is 0 Å². The monoisotopic (exact) mass is 344 g/mol. The molecule has 2 unspecified atom stereocenters. The normalized spacial score (nSPS) is 24.3. The standard InChI is InChI=1S/C18H24N4O3/c1-11(2)14-10-25-18(24)22(14)16-8-9-19-17(21-16)20-12(3)13-6-4-5-7-15(13)23/h4-6,8-9,11-12,14-15,23H,7,10H2,1-3H3,(H,19,20,21)/t12?,14-,15?/m1/s1. The van der Waals surface area contributed by atoms with E-state index in [-0.39, 0.29) is 24.1 Å². The van der Waals surface area contributed by atoms with Crippen LogP contribution in [0.25, 0.3) is 0 Å². The van der Waals surface area contributed by atoms with Gasteiger partial charge in [-0.25, -0.2) is 9.78 Å². The van der Waals surface area contributed by atoms with E-state index in [9.17, 15) is 9.90 Å². The van der Waals surface area contributed by atoms with Crippen molar-refractivity contribution in [2.24, 2.45) is 5.92 Å². The summed E-state index contributed by atoms with van der Waals surface area (Å²) in [5.74, 6) is 1.19. The summed E-state index contributed by atoms with van der Waals surface area (Å²) in [4.78, 5) is 22.4. The highest BCUT2D eigenvalue weighted by atomic mass is 16.6. The highest BCUT2D eigenvalue weighted by Crippen LogP contribution is 2.26. The number of nitrogens with zero attached hydrogens (tertiary/aromatic N) is 3. The molecule has 2 N–H and O–H groups in total. The maximum absolute atomic E-state index is 12.1. The number of cyclic esters (lactones) is 1. The van der Waals surface area contributed by atoms with E-state index < -0.39 is 6.10 Å². The number of hydrogen-bond acceptors (Lipinski definition) is 6. The third kappa shape index (κ3) is 3.66. The summed E-state index contributed by atoms with van der Waals surface area (Å²) >= 11 is 0. The lowest BCUT2D eigenvalue weighted by Gasteiger charge is -2.25. The lowest BCUT2D eigenvalue weighted by Crippen LogP contribution is -2.38. The van der Waals surface area contributed by atoms with Crippen LogP contribution >= 0.6 is 0 Å². The summed E-state index contributed by atoms with van der Waals surface area (Å²) in [6.07, 6.45) is 7.11. The Morgan fingerprint density at radius 3 is 2.92 bits per heavy atom. The van der Waals surface area contributed by atoms with Gasteiger partial charge in [0.15, 0.2) is 0 Å². The first-order valence-corrected chi connectivity index (χ1v) is 8.57. The molecule has 0 radical (unpaired) electrons. The lowest BCUT2D eigenvalue weighted by atomic mass is 9.96. The van der Waals surface area contributed by atoms with Crippen LogP contribution in [-0.2, 0) is 4.74 Å². The maximum Gasteiger partial charge on any atom is 0.415 e. The number of ether oxygens (including phenoxy) is 1. The van der Waals surface area contributed by atoms with Crippen molar-refractivity contribution >= 4 is 17.9 Å². The molecule has 7 nitrogen and oxygen atoms in total. The van der Waals surface area contributed by atoms with Crippen LogP contribution in [0.5, 0.6) is 0 Å². The Hall–Kier alpha value is -2.41. The number of allylic oxidation sites excluding steroid dienone is 2. The van der Waals surface area contributed by atoms with Gasteiger partial charge in [0.25, 0.3) is 0 Å². The molecule has 0 bridgehead atoms. The average Bonchev–Trinajstić information content (AvgIpc) is 2.97. The molecule has 2 heterocycles. The third-order valence-corrected chi connectivity index (χ3v) is 4.58. The summed E-state index contributed by atoms with van der Waals surface area (Å²) in [6, 6.07) is 1.54. The van der Waals surface area contributed by atoms with Gasteiger partial charge in [-0.3, -0.25) is 4.90 Å². The molecule has 7 heteroatoms. The summed E-state index contributed by atoms with van der Waals surface area (Å²) < 4.78 is 5.18. The molecule has 1 aromatic heterocycles. The minimum Gasteiger partial charge on any atom is -0.447 e. The van der Waals surface area contributed by atoms with Crippen molar-refractivity contribution in [1.82, 2.24) is 9.97 Å². The van der Waals surface area contributed by atoms with E-state index in [0.717, 1.165) is 5.57 Å². The zero-order valence-electron chi connectivity index (χ0n) is 14.7. The van der Waals surface area contributed by atoms with Crippen molar-refractivity contribution < 1.29 is 14.6 Å². The quantitative estimate of drug-likeness (QED) is 0.853. The number of carbonyl (C=O) groups is 1. The van der Waals surface area contributed by atoms with Gasteiger partial charge in [0.1, 0.15) is 12.4 Å². The molecule has 1 aliphatic carbocycles. The second-order valence-corrected chi connectivity index (χ2v) is 6.71. The molecular formula is C18H24N4O3. The smallest absolute Gasteiger partial charge is 0.415 e. The fraction of sp³-hybridized carbons (Fsp3) is 0.500. The SMILES string of the molecule is CC(Nc1nccc(N2C(=O)OC[C@@H]2C(C)C)n1)C1=CC=CCC1O. The Bertz CT molecular complexity index is 701. The van der Waals surface area contributed by atoms with Gasteiger partial charge in [-0.15, -0.1) is 0 Å². The van der Waals surface area contributed by atoms with E-state index in [1.807, 2.05) is 39.0 Å². The molecule has 1 aromatic rings. The molecule has 0 aromatic carbocycles. The predicted octanol–water partition coefficient (Wildman–Crippen LogP) is 2.51. The number of carbonyl (C=O) groups excluding carboxylic acids is 1. The second kappa shape index (κ2) is 7.23. The lowest BCUT2D eigenvalue weighted by molar-refractivity contribution is 0.177. The van der Waals surface area contributed by atoms with E-state index in [4.69, 9.17) is 4.74 Å². The van der Waals surface area contributed by atoms with Gasteiger partial charge < -0.3 is 15.2 Å². The van der Waals surface area contributed by atoms with Crippen LogP contribution in [0.3, 0.4) is 0 Å². The van der Waals surface area contributed by atoms with E-state index in [1.54, 1.807) is 17.2 Å². The fourth-order valence-corrected chi connectivity index (χ4v) is 3.09. The van der Waals surface area contributed by atoms with Gasteiger partial charge in [-0.05, 0) is 30.9 Å². The van der Waals surface area contributed by atoms with Gasteiger partial charge in [0.05, 0.1) is 18.2 Å². The Kier molecular flexibility index (Phi) is 5.03. The number of hydrogen-bond donors (Lipinski definition) is 2. The maximum atomic E-state index is 12.1. The molecule has 25 heavy (non-hydrogen) atoms. The Morgan fingerprint density at radius 1 is 1.40 bits per heavy atom. The van der Waals surface area contributed by atoms with E-state index in [2.05, 4.69) is 15.3 Å². The second-order valence-electron chi connectivity index (χ2n) is 6.71. The molecule has 134 valence electrons. The molecule has 1 saturated heterocycles. The summed E-state index contributed by atoms with van der Waals surface area (Å²) in [5.41, 5.74) is 0.886. The number of amides is 1. The molecule has 1 aliphatic heterocycles. The van der Waals surface area contributed by atoms with Crippen LogP contribution in [0.4, 0.5) is 16.6 Å². The molecule has 3 rings (SSSR count). The van der Waals surface area contributed by atoms with Crippen LogP contribution in [-0.4, -0.2) is 46.0 Å². The van der Waals surface area contributed by atoms with Gasteiger partial charge in [0.2, 0.25) is 5.95 Å². The predicted molar refractivity (Wildman–Crippen MR) is 95.4 cm³/mol. The third-order valence-electron chi connectivity index (χ3n) is 4.58. The molecule has 1 amide bonds. The van der Waals surface area contributed by atoms with Gasteiger partial charge in [-0.1, -0.05) is 32.1 Å². The van der Waals surface area contributed by atoms with Crippen LogP contribution in [0.15, 0.2) is 36.1 Å². The van der Waals surface area contributed by atoms with Crippen LogP contribution in [0, 0.1) is 5.92 Å². The van der Waals surface area contributed by atoms with Crippen molar-refractivity contribution in [3.8, 4) is 0 Å². The van der Waals surface area contributed by atoms with Gasteiger partial charge in [0, 0.05) is 6.20 Å². The highest BCUT2D eigenvalue weighted by Gasteiger charge is 2.37. The summed E-state index contributed by atoms with van der Waals surface area (Å²) in [7, 11) is 0. The number of aliphatic hydroxyl groups is 1. The first-order chi connectivity index (χ1) is 12.0. The van der Waals surface area contributed by atoms with Crippen LogP contribution < -0.4 is 10.2 Å². The average molecular weight is 344 g/mol. The van der Waals surface area contributed by atoms with Crippen LogP contribution in [0.2, 0.25) is 0 Å². The number of aromatic nitrogens is 2. The molecule has 0 spiro atoms. The van der Waals surface area contributed by atoms with Crippen molar-refractivity contribution in [3.05, 3.63) is 36.1 Å². The minimum absolute atomic E-state index is 0.0410. The van der Waals surface area contributed by atoms with Gasteiger partial charge >= 0.3 is 6.09 Å². The number of aliphatic hydroxyl groups excluding tert-OH is 1. The first kappa shape index (κ1) is 17.4. The molecule has 0 saturated carbocycles. The number of rotatable bonds is 5. The zero-order chi connectivity index (χ0) is 18.0. The van der Waals surface area contributed by atoms with Crippen molar-refractivity contribution in [2.45, 2.75) is 45.4 Å². The summed E-state index contributed by atoms with van der Waals surface area (Å²) in [6.45, 7) is 6.41. The van der Waals surface area contributed by atoms with E-state index >= 15 is 0 Å². The Morgan fingerprint density at radius 2 is 2.20 bits per heavy atom. The van der Waals surface area contributed by atoms with E-state index in [1.165, 1.54) is 0 Å². The fourth-order valence-electron chi connectivity index (χ4n) is 3.09.